The van der Waals surface area contributed by atoms with Gasteiger partial charge >= 0.3 is 0 Å². The summed E-state index contributed by atoms with van der Waals surface area (Å²) < 4.78 is 16.8. The monoisotopic (exact) mass is 379 g/mol. The van der Waals surface area contributed by atoms with Gasteiger partial charge in [0.05, 0.1) is 19.3 Å². The van der Waals surface area contributed by atoms with Crippen molar-refractivity contribution < 1.29 is 14.2 Å². The van der Waals surface area contributed by atoms with E-state index in [1.165, 1.54) is 16.8 Å². The molecule has 4 nitrogen and oxygen atoms in total. The van der Waals surface area contributed by atoms with Crippen molar-refractivity contribution in [3.63, 3.8) is 0 Å². The molecule has 3 atom stereocenters. The molecular formula is C24H29NO3. The number of anilines is 1. The Labute approximate surface area is 167 Å². The van der Waals surface area contributed by atoms with Crippen molar-refractivity contribution in [3.05, 3.63) is 65.7 Å². The molecule has 0 aromatic heterocycles. The van der Waals surface area contributed by atoms with E-state index in [1.807, 2.05) is 19.9 Å². The lowest BCUT2D eigenvalue weighted by atomic mass is 9.77. The number of fused-ring (bicyclic) bond motifs is 3. The minimum absolute atomic E-state index is 0.299. The number of rotatable bonds is 8. The molecule has 1 heterocycles. The molecule has 4 heteroatoms. The number of hydrogen-bond donors (Lipinski definition) is 1. The Balaban J connectivity index is 1.54. The molecule has 0 saturated carbocycles. The van der Waals surface area contributed by atoms with Crippen LogP contribution in [0.5, 0.6) is 11.5 Å². The van der Waals surface area contributed by atoms with Gasteiger partial charge in [-0.1, -0.05) is 24.3 Å². The van der Waals surface area contributed by atoms with Gasteiger partial charge in [-0.25, -0.2) is 0 Å². The smallest absolute Gasteiger partial charge is 0.119 e. The number of allylic oxidation sites excluding steroid dienone is 2. The summed E-state index contributed by atoms with van der Waals surface area (Å²) in [5.74, 6) is 2.78. The second-order valence-corrected chi connectivity index (χ2v) is 7.27. The summed E-state index contributed by atoms with van der Waals surface area (Å²) in [6.45, 7) is 6.63. The molecular weight excluding hydrogens is 350 g/mol. The second kappa shape index (κ2) is 8.70. The molecule has 3 unspecified atom stereocenters. The number of benzene rings is 2. The van der Waals surface area contributed by atoms with Crippen molar-refractivity contribution in [2.45, 2.75) is 32.2 Å². The van der Waals surface area contributed by atoms with Crippen molar-refractivity contribution in [1.82, 2.24) is 0 Å². The van der Waals surface area contributed by atoms with Gasteiger partial charge in [-0.3, -0.25) is 0 Å². The molecule has 148 valence electrons. The first-order valence-corrected chi connectivity index (χ1v) is 10.3. The normalized spacial score (nSPS) is 22.3. The molecule has 28 heavy (non-hydrogen) atoms. The Morgan fingerprint density at radius 1 is 0.929 bits per heavy atom. The van der Waals surface area contributed by atoms with E-state index in [0.29, 0.717) is 37.7 Å². The lowest BCUT2D eigenvalue weighted by molar-refractivity contribution is 0.110. The van der Waals surface area contributed by atoms with Crippen LogP contribution in [0.25, 0.3) is 0 Å². The third-order valence-electron chi connectivity index (χ3n) is 5.58. The van der Waals surface area contributed by atoms with Gasteiger partial charge in [0.15, 0.2) is 0 Å². The first kappa shape index (κ1) is 18.9. The van der Waals surface area contributed by atoms with E-state index in [0.717, 1.165) is 24.5 Å². The fourth-order valence-corrected chi connectivity index (χ4v) is 4.29. The molecule has 2 aliphatic rings. The highest BCUT2D eigenvalue weighted by atomic mass is 16.5. The average Bonchev–Trinajstić information content (AvgIpc) is 3.22. The first-order chi connectivity index (χ1) is 13.8. The van der Waals surface area contributed by atoms with Crippen molar-refractivity contribution in [3.8, 4) is 11.5 Å². The van der Waals surface area contributed by atoms with Crippen LogP contribution in [0, 0.1) is 5.92 Å². The summed E-state index contributed by atoms with van der Waals surface area (Å²) in [5, 5.41) is 3.78. The quantitative estimate of drug-likeness (QED) is 0.497. The van der Waals surface area contributed by atoms with E-state index >= 15 is 0 Å². The lowest BCUT2D eigenvalue weighted by Gasteiger charge is -2.37. The van der Waals surface area contributed by atoms with Crippen LogP contribution >= 0.6 is 0 Å². The summed E-state index contributed by atoms with van der Waals surface area (Å²) in [6.07, 6.45) is 5.76. The highest BCUT2D eigenvalue weighted by Crippen LogP contribution is 2.50. The number of ether oxygens (including phenoxy) is 3. The Morgan fingerprint density at radius 3 is 2.54 bits per heavy atom. The first-order valence-electron chi connectivity index (χ1n) is 10.3. The lowest BCUT2D eigenvalue weighted by Crippen LogP contribution is -2.29. The molecule has 0 spiro atoms. The Morgan fingerprint density at radius 2 is 1.75 bits per heavy atom. The maximum absolute atomic E-state index is 5.88. The molecule has 0 amide bonds. The highest BCUT2D eigenvalue weighted by Gasteiger charge is 2.38. The predicted molar refractivity (Wildman–Crippen MR) is 112 cm³/mol. The number of nitrogens with one attached hydrogen (secondary N) is 1. The average molecular weight is 380 g/mol. The third-order valence-corrected chi connectivity index (χ3v) is 5.58. The van der Waals surface area contributed by atoms with E-state index in [-0.39, 0.29) is 0 Å². The Kier molecular flexibility index (Phi) is 5.87. The van der Waals surface area contributed by atoms with E-state index in [2.05, 4.69) is 53.9 Å². The van der Waals surface area contributed by atoms with Gasteiger partial charge in [-0.15, -0.1) is 0 Å². The van der Waals surface area contributed by atoms with Gasteiger partial charge in [0, 0.05) is 18.2 Å². The SMILES string of the molecule is CCOCCOc1ccc2c(c1)C1C=CCC1C(c1ccc(OCC)cc1)N2. The highest BCUT2D eigenvalue weighted by molar-refractivity contribution is 5.61. The Bertz CT molecular complexity index is 815. The maximum Gasteiger partial charge on any atom is 0.119 e. The molecule has 1 N–H and O–H groups in total. The van der Waals surface area contributed by atoms with Crippen molar-refractivity contribution in [2.75, 3.05) is 31.7 Å². The summed E-state index contributed by atoms with van der Waals surface area (Å²) in [4.78, 5) is 0. The van der Waals surface area contributed by atoms with Crippen LogP contribution in [0.2, 0.25) is 0 Å². The molecule has 0 bridgehead atoms. The van der Waals surface area contributed by atoms with E-state index in [4.69, 9.17) is 14.2 Å². The molecule has 2 aromatic rings. The fourth-order valence-electron chi connectivity index (χ4n) is 4.29. The standard InChI is InChI=1S/C24H29NO3/c1-3-26-14-15-28-19-12-13-23-22(16-19)20-6-5-7-21(20)24(25-23)17-8-10-18(11-9-17)27-4-2/h5-6,8-13,16,20-21,24-25H,3-4,7,14-15H2,1-2H3. The zero-order valence-corrected chi connectivity index (χ0v) is 16.7. The van der Waals surface area contributed by atoms with Crippen LogP contribution < -0.4 is 14.8 Å². The van der Waals surface area contributed by atoms with E-state index in [1.54, 1.807) is 0 Å². The largest absolute Gasteiger partial charge is 0.494 e. The van der Waals surface area contributed by atoms with Crippen molar-refractivity contribution in [1.29, 1.82) is 0 Å². The summed E-state index contributed by atoms with van der Waals surface area (Å²) in [7, 11) is 0. The van der Waals surface area contributed by atoms with Gasteiger partial charge in [0.25, 0.3) is 0 Å². The van der Waals surface area contributed by atoms with Crippen LogP contribution in [-0.2, 0) is 4.74 Å². The van der Waals surface area contributed by atoms with Crippen LogP contribution in [0.15, 0.2) is 54.6 Å². The number of hydrogen-bond acceptors (Lipinski definition) is 4. The zero-order valence-electron chi connectivity index (χ0n) is 16.7. The van der Waals surface area contributed by atoms with Crippen LogP contribution in [0.4, 0.5) is 5.69 Å². The van der Waals surface area contributed by atoms with Gasteiger partial charge < -0.3 is 19.5 Å². The molecule has 0 saturated heterocycles. The Hall–Kier alpha value is -2.46. The predicted octanol–water partition coefficient (Wildman–Crippen LogP) is 5.33. The summed E-state index contributed by atoms with van der Waals surface area (Å²) in [6, 6.07) is 15.2. The molecule has 2 aromatic carbocycles. The van der Waals surface area contributed by atoms with Gasteiger partial charge in [-0.05, 0) is 67.6 Å². The van der Waals surface area contributed by atoms with Gasteiger partial charge in [-0.2, -0.15) is 0 Å². The molecule has 0 fully saturated rings. The van der Waals surface area contributed by atoms with E-state index in [9.17, 15) is 0 Å². The van der Waals surface area contributed by atoms with Gasteiger partial charge in [0.1, 0.15) is 18.1 Å². The second-order valence-electron chi connectivity index (χ2n) is 7.27. The molecule has 4 rings (SSSR count). The summed E-state index contributed by atoms with van der Waals surface area (Å²) in [5.41, 5.74) is 3.84. The van der Waals surface area contributed by atoms with Crippen molar-refractivity contribution in [2.24, 2.45) is 5.92 Å². The fraction of sp³-hybridized carbons (Fsp3) is 0.417. The summed E-state index contributed by atoms with van der Waals surface area (Å²) >= 11 is 0. The van der Waals surface area contributed by atoms with Crippen LogP contribution in [-0.4, -0.2) is 26.4 Å². The maximum atomic E-state index is 5.88. The van der Waals surface area contributed by atoms with Crippen molar-refractivity contribution >= 4 is 5.69 Å². The van der Waals surface area contributed by atoms with Crippen LogP contribution in [0.1, 0.15) is 43.4 Å². The topological polar surface area (TPSA) is 39.7 Å². The minimum atomic E-state index is 0.299. The van der Waals surface area contributed by atoms with Gasteiger partial charge in [0.2, 0.25) is 0 Å². The minimum Gasteiger partial charge on any atom is -0.494 e. The zero-order chi connectivity index (χ0) is 19.3. The molecule has 1 aliphatic heterocycles. The van der Waals surface area contributed by atoms with Crippen LogP contribution in [0.3, 0.4) is 0 Å². The molecule has 1 aliphatic carbocycles. The third kappa shape index (κ3) is 3.88. The van der Waals surface area contributed by atoms with E-state index < -0.39 is 0 Å². The molecule has 0 radical (unpaired) electrons.